The van der Waals surface area contributed by atoms with Crippen molar-refractivity contribution in [1.82, 2.24) is 14.1 Å². The van der Waals surface area contributed by atoms with Gasteiger partial charge in [-0.3, -0.25) is 71.9 Å². The highest BCUT2D eigenvalue weighted by molar-refractivity contribution is 6.34. The largest absolute Gasteiger partial charge is 0.494 e. The number of hydrogen-bond acceptors (Lipinski definition) is 23. The molecule has 10 aromatic rings. The molecule has 17 rings (SSSR count). The first kappa shape index (κ1) is 85.3. The van der Waals surface area contributed by atoms with E-state index in [1.165, 1.54) is 50.1 Å². The Kier molecular flexibility index (Phi) is 24.2. The van der Waals surface area contributed by atoms with Gasteiger partial charge in [0.15, 0.2) is 5.78 Å². The molecule has 0 bridgehead atoms. The average Bonchev–Trinajstić information content (AvgIpc) is 1.52. The second kappa shape index (κ2) is 36.0. The Balaban J connectivity index is 0.576. The first-order valence-electron chi connectivity index (χ1n) is 43.4. The molecule has 4 saturated heterocycles. The van der Waals surface area contributed by atoms with E-state index in [2.05, 4.69) is 24.0 Å². The molecule has 0 radical (unpaired) electrons. The third kappa shape index (κ3) is 16.2. The third-order valence-electron chi connectivity index (χ3n) is 25.8. The lowest BCUT2D eigenvalue weighted by atomic mass is 9.59. The van der Waals surface area contributed by atoms with Gasteiger partial charge in [-0.15, -0.1) is 0 Å². The summed E-state index contributed by atoms with van der Waals surface area (Å²) in [7, 11) is 1.25. The quantitative estimate of drug-likeness (QED) is 0.0117. The first-order chi connectivity index (χ1) is 61.5. The lowest BCUT2D eigenvalue weighted by Crippen LogP contribution is -2.50. The van der Waals surface area contributed by atoms with Gasteiger partial charge in [-0.25, -0.2) is 38.6 Å². The fraction of sp³-hybridized carbons (Fsp3) is 0.357. The summed E-state index contributed by atoms with van der Waals surface area (Å²) in [4.78, 5) is 238. The maximum absolute atomic E-state index is 15.2. The number of aryl methyl sites for hydroxylation is 2. The normalized spacial score (nSPS) is 21.0. The lowest BCUT2D eigenvalue weighted by molar-refractivity contribution is -0.146. The van der Waals surface area contributed by atoms with Crippen LogP contribution < -0.4 is 51.3 Å². The van der Waals surface area contributed by atoms with Gasteiger partial charge in [0.05, 0.1) is 153 Å². The number of pyridine rings is 1. The Bertz CT molecular complexity index is 6190. The summed E-state index contributed by atoms with van der Waals surface area (Å²) in [5.74, 6) is -20.5. The van der Waals surface area contributed by atoms with E-state index < -0.39 is 135 Å². The number of amides is 8. The van der Waals surface area contributed by atoms with Crippen LogP contribution in [0, 0.1) is 54.3 Å². The predicted octanol–water partition coefficient (Wildman–Crippen LogP) is 11.4. The van der Waals surface area contributed by atoms with Gasteiger partial charge in [0.2, 0.25) is 47.3 Å². The van der Waals surface area contributed by atoms with E-state index in [-0.39, 0.29) is 98.9 Å². The number of unbranched alkanes of at least 4 members (excludes halogenated alkanes) is 7. The fourth-order valence-corrected chi connectivity index (χ4v) is 19.2. The summed E-state index contributed by atoms with van der Waals surface area (Å²) in [6.07, 6.45) is 16.4. The smallest absolute Gasteiger partial charge is 0.338 e. The van der Waals surface area contributed by atoms with Gasteiger partial charge in [-0.1, -0.05) is 68.7 Å². The van der Waals surface area contributed by atoms with Crippen LogP contribution in [0.1, 0.15) is 173 Å². The number of anilines is 4. The molecule has 8 unspecified atom stereocenters. The van der Waals surface area contributed by atoms with Crippen molar-refractivity contribution >= 4 is 115 Å². The number of benzene rings is 7. The van der Waals surface area contributed by atoms with Gasteiger partial charge in [0.1, 0.15) is 11.5 Å². The zero-order valence-corrected chi connectivity index (χ0v) is 70.1. The minimum absolute atomic E-state index is 0.00493. The van der Waals surface area contributed by atoms with E-state index >= 15 is 28.8 Å². The zero-order chi connectivity index (χ0) is 88.7. The van der Waals surface area contributed by atoms with Crippen molar-refractivity contribution in [3.05, 3.63) is 256 Å². The average molecular weight is 1720 g/mol. The van der Waals surface area contributed by atoms with Crippen LogP contribution in [0.2, 0.25) is 0 Å². The number of aromatic nitrogens is 3. The van der Waals surface area contributed by atoms with Crippen LogP contribution in [0.3, 0.4) is 0 Å². The van der Waals surface area contributed by atoms with E-state index in [0.717, 1.165) is 102 Å². The molecule has 3 aromatic heterocycles. The van der Waals surface area contributed by atoms with Crippen LogP contribution in [0.25, 0.3) is 27.2 Å². The van der Waals surface area contributed by atoms with Crippen LogP contribution in [-0.2, 0) is 70.8 Å². The van der Waals surface area contributed by atoms with Crippen LogP contribution >= 0.6 is 0 Å². The van der Waals surface area contributed by atoms with Gasteiger partial charge in [-0.2, -0.15) is 0 Å². The number of fused-ring (bicyclic) bond motifs is 10. The molecule has 0 N–H and O–H groups in total. The van der Waals surface area contributed by atoms with Crippen molar-refractivity contribution in [1.29, 1.82) is 0 Å². The summed E-state index contributed by atoms with van der Waals surface area (Å²) in [5, 5.41) is -0.797. The van der Waals surface area contributed by atoms with E-state index in [4.69, 9.17) is 28.4 Å². The monoisotopic (exact) mass is 1720 g/mol. The number of rotatable bonds is 35. The number of ether oxygens (including phenoxy) is 6. The first-order valence-corrected chi connectivity index (χ1v) is 43.4. The number of carbonyl (C=O) groups excluding carboxylic acids is 12. The van der Waals surface area contributed by atoms with Gasteiger partial charge >= 0.3 is 17.9 Å². The molecule has 127 heavy (non-hydrogen) atoms. The second-order valence-corrected chi connectivity index (χ2v) is 33.7. The van der Waals surface area contributed by atoms with E-state index in [9.17, 15) is 47.9 Å². The Labute approximate surface area is 727 Å². The van der Waals surface area contributed by atoms with Gasteiger partial charge < -0.3 is 28.4 Å². The molecule has 8 atom stereocenters. The van der Waals surface area contributed by atoms with Crippen molar-refractivity contribution < 1.29 is 86.0 Å². The minimum atomic E-state index is -1.54. The van der Waals surface area contributed by atoms with Crippen molar-refractivity contribution in [2.24, 2.45) is 54.4 Å². The molecule has 3 aliphatic carbocycles. The number of ketones is 1. The second-order valence-electron chi connectivity index (χ2n) is 33.7. The summed E-state index contributed by atoms with van der Waals surface area (Å²) < 4.78 is 36.7. The maximum atomic E-state index is 15.2. The standard InChI is InChI=1S/C98H91N7O22/c1-4-5-6-12-37-122-68-27-21-56(22-28-68)57-23-29-69(30-24-57)124-39-16-17-42-127-98(121)61-46-64(101-86(109)73-52-71-72(53-74(73)87(101)110)85(108)100(3)84(71)107)50-65(47-61)103-92(115)79-80(93(103)116)82-81(79)94(117)105(95(82)118)67-49-62(97(120)126-41-15-11-18-55-33-35-99-36-34-55)48-66(51-67)104-90(113)77-75-76(78(77)91(104)114)89(112)102(88(75)111)63-44-54(2)43-60(45-63)96(119)125-40-14-8-13-38-123-70-31-25-59(26-32-70)83(106)58-19-9-7-10-20-58/h7,9-10,19-20,23-26,29-36,43-53,56,68,75-82H,4-6,8,11-18,21-22,27-28,37-42H2,1-3H3. The van der Waals surface area contributed by atoms with Gasteiger partial charge in [0, 0.05) is 37.2 Å². The molecule has 4 aliphatic heterocycles. The topological polar surface area (TPSA) is 364 Å². The van der Waals surface area contributed by atoms with E-state index in [1.807, 2.05) is 30.3 Å². The number of esters is 3. The summed E-state index contributed by atoms with van der Waals surface area (Å²) in [6, 6.07) is 40.8. The van der Waals surface area contributed by atoms with Gasteiger partial charge in [0.25, 0.3) is 22.2 Å². The maximum Gasteiger partial charge on any atom is 0.338 e. The molecule has 29 nitrogen and oxygen atoms in total. The third-order valence-corrected chi connectivity index (χ3v) is 25.8. The van der Waals surface area contributed by atoms with Gasteiger partial charge in [-0.05, 0) is 228 Å². The lowest BCUT2D eigenvalue weighted by Gasteiger charge is -2.36. The SMILES string of the molecule is CCCCCCOC1CCC(c2ccc(OCCCCOC(=O)c3cc(N4C(=O)C5C6C(=O)N(c7cc(C(=O)OCCCCc8ccncc8)cc(N8C(=O)C9C%10C(=O)N(c%11cc(C)cc(C(=O)OCCCCCOc%12ccc(C(=O)c%13ccccc%13)cc%12)c%11)C(=O)C%10C9C8=O)c7)C(=O)C6C5C4=O)cc(-n4c(=O)c5cc6c(=O)n(C)c(=O)c6cc5c4=O)c3)cc2)CC1. The van der Waals surface area contributed by atoms with Crippen molar-refractivity contribution in [2.45, 2.75) is 129 Å². The van der Waals surface area contributed by atoms with Crippen LogP contribution in [0.15, 0.2) is 189 Å². The van der Waals surface area contributed by atoms with E-state index in [1.54, 1.807) is 67.8 Å². The predicted molar refractivity (Wildman–Crippen MR) is 463 cm³/mol. The molecular formula is C98H91N7O22. The molecular weight excluding hydrogens is 1630 g/mol. The molecule has 7 heterocycles. The van der Waals surface area contributed by atoms with Crippen LogP contribution in [-0.4, -0.2) is 131 Å². The molecule has 7 fully saturated rings. The Morgan fingerprint density at radius 3 is 1.21 bits per heavy atom. The van der Waals surface area contributed by atoms with E-state index in [0.29, 0.717) is 117 Å². The van der Waals surface area contributed by atoms with Crippen molar-refractivity contribution in [3.8, 4) is 17.2 Å². The summed E-state index contributed by atoms with van der Waals surface area (Å²) in [5.41, 5.74) is -1.73. The number of nitrogens with zero attached hydrogens (tertiary/aromatic N) is 7. The molecule has 650 valence electrons. The molecule has 0 spiro atoms. The Hall–Kier alpha value is -13.8. The Morgan fingerprint density at radius 1 is 0.362 bits per heavy atom. The molecule has 8 amide bonds. The molecule has 3 saturated carbocycles. The fourth-order valence-electron chi connectivity index (χ4n) is 19.2. The molecule has 7 aromatic carbocycles. The Morgan fingerprint density at radius 2 is 0.740 bits per heavy atom. The minimum Gasteiger partial charge on any atom is -0.494 e. The van der Waals surface area contributed by atoms with Crippen LogP contribution in [0.4, 0.5) is 22.7 Å². The van der Waals surface area contributed by atoms with Crippen molar-refractivity contribution in [2.75, 3.05) is 59.2 Å². The summed E-state index contributed by atoms with van der Waals surface area (Å²) >= 11 is 0. The van der Waals surface area contributed by atoms with Crippen molar-refractivity contribution in [3.63, 3.8) is 0 Å². The van der Waals surface area contributed by atoms with Crippen LogP contribution in [0.5, 0.6) is 11.5 Å². The summed E-state index contributed by atoms with van der Waals surface area (Å²) in [6.45, 7) is 5.01. The number of imide groups is 4. The zero-order valence-electron chi connectivity index (χ0n) is 70.1. The number of hydrogen-bond donors (Lipinski definition) is 0. The highest BCUT2D eigenvalue weighted by atomic mass is 16.5. The highest BCUT2D eigenvalue weighted by Crippen LogP contribution is 2.60. The highest BCUT2D eigenvalue weighted by Gasteiger charge is 2.75. The molecule has 29 heteroatoms. The molecule has 7 aliphatic rings. The number of carbonyl (C=O) groups is 12.